The Morgan fingerprint density at radius 1 is 1.11 bits per heavy atom. The van der Waals surface area contributed by atoms with Gasteiger partial charge in [0.25, 0.3) is 5.60 Å². The number of anilines is 2. The van der Waals surface area contributed by atoms with Gasteiger partial charge in [-0.1, -0.05) is 17.5 Å². The molecule has 9 nitrogen and oxygen atoms in total. The zero-order valence-electron chi connectivity index (χ0n) is 24.0. The van der Waals surface area contributed by atoms with E-state index in [9.17, 15) is 32.7 Å². The number of carboxylic acid groups (broad SMARTS) is 1. The third-order valence-electron chi connectivity index (χ3n) is 8.29. The number of fused-ring (bicyclic) bond motifs is 2. The third kappa shape index (κ3) is 5.46. The minimum atomic E-state index is -5.02. The number of cyclic esters (lactones) is 1. The van der Waals surface area contributed by atoms with Crippen molar-refractivity contribution in [3.05, 3.63) is 68.7 Å². The van der Waals surface area contributed by atoms with Crippen LogP contribution in [0.15, 0.2) is 41.3 Å². The number of nitrogens with zero attached hydrogens (tertiary/aromatic N) is 4. The largest absolute Gasteiger partial charge is 0.477 e. The lowest BCUT2D eigenvalue weighted by Gasteiger charge is -2.43. The van der Waals surface area contributed by atoms with Gasteiger partial charge in [0.2, 0.25) is 5.43 Å². The minimum absolute atomic E-state index is 0.0145. The number of halogens is 5. The molecule has 1 N–H and O–H groups in total. The summed E-state index contributed by atoms with van der Waals surface area (Å²) in [5.41, 5.74) is -4.16. The summed E-state index contributed by atoms with van der Waals surface area (Å²) in [5.74, 6) is 2.56. The van der Waals surface area contributed by atoms with Gasteiger partial charge in [0, 0.05) is 60.8 Å². The molecule has 236 valence electrons. The molecule has 3 aromatic rings. The van der Waals surface area contributed by atoms with Gasteiger partial charge in [0.05, 0.1) is 23.6 Å². The van der Waals surface area contributed by atoms with E-state index in [1.807, 2.05) is 4.90 Å². The van der Waals surface area contributed by atoms with Crippen molar-refractivity contribution >= 4 is 45.9 Å². The molecule has 0 bridgehead atoms. The van der Waals surface area contributed by atoms with Crippen LogP contribution >= 0.6 is 11.6 Å². The number of piperazine rings is 1. The number of alkyl halides is 3. The number of carbonyl (C=O) groups excluding carboxylic acids is 1. The van der Waals surface area contributed by atoms with Crippen LogP contribution in [0.25, 0.3) is 10.9 Å². The van der Waals surface area contributed by atoms with Gasteiger partial charge >= 0.3 is 18.2 Å². The number of hydrogen-bond acceptors (Lipinski definition) is 6. The number of ether oxygens (including phenoxy) is 1. The lowest BCUT2D eigenvalue weighted by atomic mass is 9.89. The number of aromatic carboxylic acids is 1. The maximum Gasteiger partial charge on any atom is 0.445 e. The van der Waals surface area contributed by atoms with Crippen LogP contribution in [0.1, 0.15) is 35.7 Å². The van der Waals surface area contributed by atoms with Crippen LogP contribution in [0.2, 0.25) is 5.02 Å². The molecule has 1 saturated heterocycles. The molecule has 0 unspecified atom stereocenters. The Balaban J connectivity index is 1.25. The van der Waals surface area contributed by atoms with Crippen molar-refractivity contribution in [2.75, 3.05) is 42.6 Å². The highest BCUT2D eigenvalue weighted by molar-refractivity contribution is 6.30. The lowest BCUT2D eigenvalue weighted by molar-refractivity contribution is -0.240. The van der Waals surface area contributed by atoms with Crippen LogP contribution in [-0.4, -0.2) is 65.7 Å². The van der Waals surface area contributed by atoms with Gasteiger partial charge in [-0.25, -0.2) is 14.0 Å². The fourth-order valence-electron chi connectivity index (χ4n) is 5.69. The first-order valence-electron chi connectivity index (χ1n) is 14.3. The Morgan fingerprint density at radius 2 is 1.82 bits per heavy atom. The predicted octanol–water partition coefficient (Wildman–Crippen LogP) is 5.42. The first kappa shape index (κ1) is 30.7. The Kier molecular flexibility index (Phi) is 7.69. The predicted molar refractivity (Wildman–Crippen MR) is 158 cm³/mol. The number of pyridine rings is 1. The van der Waals surface area contributed by atoms with Crippen molar-refractivity contribution in [1.82, 2.24) is 9.47 Å². The molecule has 2 aromatic carbocycles. The zero-order chi connectivity index (χ0) is 32.3. The second kappa shape index (κ2) is 11.3. The van der Waals surface area contributed by atoms with Gasteiger partial charge in [-0.05, 0) is 56.0 Å². The number of carbonyl (C=O) groups is 2. The summed E-state index contributed by atoms with van der Waals surface area (Å²) < 4.78 is 65.7. The summed E-state index contributed by atoms with van der Waals surface area (Å²) in [7, 11) is 0. The van der Waals surface area contributed by atoms with Crippen molar-refractivity contribution < 1.29 is 37.0 Å². The Bertz CT molecular complexity index is 1840. The molecule has 0 spiro atoms. The number of aromatic nitrogens is 1. The monoisotopic (exact) mass is 646 g/mol. The molecule has 2 aliphatic heterocycles. The second-order valence-corrected chi connectivity index (χ2v) is 11.6. The van der Waals surface area contributed by atoms with E-state index in [2.05, 4.69) is 11.8 Å². The van der Waals surface area contributed by atoms with Gasteiger partial charge in [-0.2, -0.15) is 13.2 Å². The van der Waals surface area contributed by atoms with E-state index in [-0.39, 0.29) is 39.9 Å². The standard InChI is InChI=1S/C31H27ClF4N4O5/c1-2-38-16-21(28(42)43)27(41)20-14-23(33)26(15-25(20)38)39-11-9-37(10-12-39)17-40-24-6-5-19(32)13-22(24)30(31(34,35)36,45-29(40)44)8-7-18-3-4-18/h5-6,13-16,18H,2-4,9-12,17H2,1H3,(H,42,43)/t30-/m0/s1. The number of amides is 1. The molecule has 1 atom stereocenters. The van der Waals surface area contributed by atoms with Gasteiger partial charge in [0.15, 0.2) is 0 Å². The Hall–Kier alpha value is -4.28. The molecule has 3 aliphatic rings. The molecule has 1 aromatic heterocycles. The molecule has 1 saturated carbocycles. The van der Waals surface area contributed by atoms with Crippen LogP contribution in [0, 0.1) is 23.6 Å². The highest BCUT2D eigenvalue weighted by atomic mass is 35.5. The van der Waals surface area contributed by atoms with Crippen LogP contribution in [0.5, 0.6) is 0 Å². The second-order valence-electron chi connectivity index (χ2n) is 11.2. The Morgan fingerprint density at radius 3 is 2.44 bits per heavy atom. The fourth-order valence-corrected chi connectivity index (χ4v) is 5.86. The number of aryl methyl sites for hydroxylation is 1. The molecule has 2 fully saturated rings. The number of carboxylic acids is 1. The van der Waals surface area contributed by atoms with E-state index < -0.39 is 40.6 Å². The zero-order valence-corrected chi connectivity index (χ0v) is 24.7. The quantitative estimate of drug-likeness (QED) is 0.292. The topological polar surface area (TPSA) is 95.3 Å². The molecule has 1 amide bonds. The van der Waals surface area contributed by atoms with Crippen molar-refractivity contribution in [1.29, 1.82) is 0 Å². The molecule has 1 aliphatic carbocycles. The summed E-state index contributed by atoms with van der Waals surface area (Å²) in [6.45, 7) is 3.23. The SMILES string of the molecule is CCn1cc(C(=O)O)c(=O)c2cc(F)c(N3CCN(CN4C(=O)O[C@](C#CC5CC5)(C(F)(F)F)c5cc(Cl)ccc54)CC3)cc21. The van der Waals surface area contributed by atoms with E-state index >= 15 is 4.39 Å². The number of rotatable bonds is 5. The average molecular weight is 647 g/mol. The molecule has 14 heteroatoms. The summed E-state index contributed by atoms with van der Waals surface area (Å²) in [4.78, 5) is 42.1. The summed E-state index contributed by atoms with van der Waals surface area (Å²) in [6.07, 6.45) is -3.62. The molecular formula is C31H27ClF4N4O5. The van der Waals surface area contributed by atoms with Crippen LogP contribution in [0.4, 0.5) is 33.7 Å². The summed E-state index contributed by atoms with van der Waals surface area (Å²) in [5, 5.41) is 9.38. The van der Waals surface area contributed by atoms with E-state index in [0.29, 0.717) is 51.1 Å². The molecule has 45 heavy (non-hydrogen) atoms. The van der Waals surface area contributed by atoms with Gasteiger partial charge in [-0.15, -0.1) is 0 Å². The summed E-state index contributed by atoms with van der Waals surface area (Å²) in [6, 6.07) is 6.43. The number of hydrogen-bond donors (Lipinski definition) is 1. The fraction of sp³-hybridized carbons (Fsp3) is 0.387. The third-order valence-corrected chi connectivity index (χ3v) is 8.53. The maximum absolute atomic E-state index is 15.3. The van der Waals surface area contributed by atoms with E-state index in [4.69, 9.17) is 16.3 Å². The van der Waals surface area contributed by atoms with Crippen molar-refractivity contribution in [3.8, 4) is 11.8 Å². The molecule has 3 heterocycles. The normalized spacial score (nSPS) is 20.4. The first-order chi connectivity index (χ1) is 21.3. The van der Waals surface area contributed by atoms with E-state index in [1.54, 1.807) is 16.4 Å². The average Bonchev–Trinajstić information content (AvgIpc) is 3.82. The van der Waals surface area contributed by atoms with Crippen molar-refractivity contribution in [2.45, 2.75) is 38.1 Å². The highest BCUT2D eigenvalue weighted by Crippen LogP contribution is 2.50. The smallest absolute Gasteiger partial charge is 0.445 e. The molecule has 0 radical (unpaired) electrons. The first-order valence-corrected chi connectivity index (χ1v) is 14.7. The highest BCUT2D eigenvalue weighted by Gasteiger charge is 2.63. The van der Waals surface area contributed by atoms with Gasteiger partial charge in [-0.3, -0.25) is 14.6 Å². The van der Waals surface area contributed by atoms with Crippen LogP contribution in [-0.2, 0) is 16.9 Å². The van der Waals surface area contributed by atoms with Crippen LogP contribution < -0.4 is 15.2 Å². The minimum Gasteiger partial charge on any atom is -0.477 e. The molecular weight excluding hydrogens is 620 g/mol. The summed E-state index contributed by atoms with van der Waals surface area (Å²) >= 11 is 6.11. The van der Waals surface area contributed by atoms with E-state index in [1.165, 1.54) is 24.4 Å². The van der Waals surface area contributed by atoms with Gasteiger partial charge < -0.3 is 19.3 Å². The van der Waals surface area contributed by atoms with Crippen molar-refractivity contribution in [2.24, 2.45) is 5.92 Å². The van der Waals surface area contributed by atoms with Gasteiger partial charge in [0.1, 0.15) is 11.4 Å². The molecule has 6 rings (SSSR count). The van der Waals surface area contributed by atoms with E-state index in [0.717, 1.165) is 17.0 Å². The maximum atomic E-state index is 15.3. The number of benzene rings is 2. The lowest BCUT2D eigenvalue weighted by Crippen LogP contribution is -2.57. The van der Waals surface area contributed by atoms with Crippen molar-refractivity contribution in [3.63, 3.8) is 0 Å². The Labute approximate surface area is 259 Å². The van der Waals surface area contributed by atoms with Crippen LogP contribution in [0.3, 0.4) is 0 Å².